The highest BCUT2D eigenvalue weighted by Crippen LogP contribution is 2.22. The molecular weight excluding hydrogens is 292 g/mol. The van der Waals surface area contributed by atoms with Crippen molar-refractivity contribution in [3.63, 3.8) is 0 Å². The Morgan fingerprint density at radius 1 is 1.38 bits per heavy atom. The number of likely N-dealkylation sites (tertiary alicyclic amines) is 1. The molecule has 1 amide bonds. The number of β-amino-alcohol motifs (C(OH)–C–C–N with tert-alkyl or cyclic N) is 1. The molecule has 1 saturated heterocycles. The number of aliphatic hydroxyl groups is 1. The topological polar surface area (TPSA) is 101 Å². The number of carbonyl (C=O) groups is 1. The summed E-state index contributed by atoms with van der Waals surface area (Å²) in [6.45, 7) is 2.73. The molecule has 1 aromatic rings. The van der Waals surface area contributed by atoms with Gasteiger partial charge in [0.25, 0.3) is 5.91 Å². The summed E-state index contributed by atoms with van der Waals surface area (Å²) in [6.07, 6.45) is 1.23. The van der Waals surface area contributed by atoms with Gasteiger partial charge in [-0.15, -0.1) is 0 Å². The van der Waals surface area contributed by atoms with Crippen molar-refractivity contribution in [2.24, 2.45) is 5.92 Å². The van der Waals surface area contributed by atoms with Gasteiger partial charge in [0.05, 0.1) is 11.0 Å². The number of rotatable bonds is 2. The molecule has 0 bridgehead atoms. The smallest absolute Gasteiger partial charge is 0.254 e. The number of nitrogens with two attached hydrogens (primary N) is 1. The predicted molar refractivity (Wildman–Crippen MR) is 79.7 cm³/mol. The van der Waals surface area contributed by atoms with Crippen LogP contribution in [0.1, 0.15) is 23.7 Å². The van der Waals surface area contributed by atoms with Gasteiger partial charge in [-0.3, -0.25) is 4.79 Å². The lowest BCUT2D eigenvalue weighted by atomic mass is 9.95. The quantitative estimate of drug-likeness (QED) is 0.775. The van der Waals surface area contributed by atoms with E-state index in [2.05, 4.69) is 0 Å². The number of anilines is 1. The number of piperidine rings is 1. The highest BCUT2D eigenvalue weighted by molar-refractivity contribution is 7.90. The van der Waals surface area contributed by atoms with Crippen LogP contribution in [0.4, 0.5) is 5.69 Å². The summed E-state index contributed by atoms with van der Waals surface area (Å²) >= 11 is 0. The molecule has 2 rings (SSSR count). The second kappa shape index (κ2) is 5.65. The first-order valence-electron chi connectivity index (χ1n) is 6.76. The van der Waals surface area contributed by atoms with Crippen LogP contribution in [0.15, 0.2) is 23.1 Å². The molecule has 0 spiro atoms. The van der Waals surface area contributed by atoms with Crippen LogP contribution < -0.4 is 5.73 Å². The van der Waals surface area contributed by atoms with Gasteiger partial charge in [-0.05, 0) is 30.5 Å². The monoisotopic (exact) mass is 312 g/mol. The number of aliphatic hydroxyl groups excluding tert-OH is 1. The lowest BCUT2D eigenvalue weighted by Gasteiger charge is -2.34. The van der Waals surface area contributed by atoms with Gasteiger partial charge in [0.1, 0.15) is 0 Å². The molecule has 3 N–H and O–H groups in total. The maximum absolute atomic E-state index is 12.4. The molecule has 0 radical (unpaired) electrons. The van der Waals surface area contributed by atoms with E-state index in [9.17, 15) is 18.3 Å². The van der Waals surface area contributed by atoms with Crippen molar-refractivity contribution in [1.82, 2.24) is 4.90 Å². The summed E-state index contributed by atoms with van der Waals surface area (Å²) in [5.74, 6) is -0.153. The van der Waals surface area contributed by atoms with E-state index < -0.39 is 15.9 Å². The fourth-order valence-electron chi connectivity index (χ4n) is 2.38. The Morgan fingerprint density at radius 3 is 2.62 bits per heavy atom. The van der Waals surface area contributed by atoms with Crippen molar-refractivity contribution in [3.05, 3.63) is 23.8 Å². The second-order valence-electron chi connectivity index (χ2n) is 5.65. The van der Waals surface area contributed by atoms with E-state index in [-0.39, 0.29) is 34.5 Å². The zero-order chi connectivity index (χ0) is 15.8. The molecule has 116 valence electrons. The number of amides is 1. The molecule has 1 aliphatic heterocycles. The Kier molecular flexibility index (Phi) is 4.25. The van der Waals surface area contributed by atoms with Crippen molar-refractivity contribution in [2.75, 3.05) is 25.1 Å². The third kappa shape index (κ3) is 3.54. The molecule has 21 heavy (non-hydrogen) atoms. The number of benzene rings is 1. The lowest BCUT2D eigenvalue weighted by molar-refractivity contribution is 0.0248. The minimum atomic E-state index is -3.43. The summed E-state index contributed by atoms with van der Waals surface area (Å²) in [5.41, 5.74) is 6.15. The van der Waals surface area contributed by atoms with Gasteiger partial charge in [-0.25, -0.2) is 8.42 Å². The molecule has 1 fully saturated rings. The number of nitrogens with zero attached hydrogens (tertiary/aromatic N) is 1. The molecule has 0 aliphatic carbocycles. The first-order valence-corrected chi connectivity index (χ1v) is 8.65. The van der Waals surface area contributed by atoms with Crippen molar-refractivity contribution in [2.45, 2.75) is 24.3 Å². The third-order valence-corrected chi connectivity index (χ3v) is 4.90. The molecule has 2 atom stereocenters. The Morgan fingerprint density at radius 2 is 2.05 bits per heavy atom. The standard InChI is InChI=1S/C14H20N2O4S/c1-9-3-4-16(8-13(9)17)14(18)10-5-11(15)7-12(6-10)21(2,19)20/h5-7,9,13,17H,3-4,8,15H2,1-2H3. The summed E-state index contributed by atoms with van der Waals surface area (Å²) in [5, 5.41) is 9.87. The number of nitrogen functional groups attached to an aromatic ring is 1. The fourth-order valence-corrected chi connectivity index (χ4v) is 3.07. The maximum Gasteiger partial charge on any atom is 0.254 e. The van der Waals surface area contributed by atoms with Crippen molar-refractivity contribution >= 4 is 21.4 Å². The van der Waals surface area contributed by atoms with Crippen molar-refractivity contribution < 1.29 is 18.3 Å². The minimum Gasteiger partial charge on any atom is -0.399 e. The van der Waals surface area contributed by atoms with Crippen LogP contribution >= 0.6 is 0 Å². The van der Waals surface area contributed by atoms with Crippen LogP contribution in [0.5, 0.6) is 0 Å². The number of hydrogen-bond acceptors (Lipinski definition) is 5. The van der Waals surface area contributed by atoms with Crippen molar-refractivity contribution in [3.8, 4) is 0 Å². The van der Waals surface area contributed by atoms with Gasteiger partial charge in [0.15, 0.2) is 9.84 Å². The number of hydrogen-bond donors (Lipinski definition) is 2. The van der Waals surface area contributed by atoms with Gasteiger partial charge < -0.3 is 15.7 Å². The van der Waals surface area contributed by atoms with E-state index >= 15 is 0 Å². The van der Waals surface area contributed by atoms with E-state index in [0.29, 0.717) is 13.0 Å². The first-order chi connectivity index (χ1) is 9.68. The zero-order valence-corrected chi connectivity index (χ0v) is 12.9. The highest BCUT2D eigenvalue weighted by atomic mass is 32.2. The van der Waals surface area contributed by atoms with Crippen LogP contribution in [0.3, 0.4) is 0 Å². The number of carbonyl (C=O) groups excluding carboxylic acids is 1. The highest BCUT2D eigenvalue weighted by Gasteiger charge is 2.28. The molecule has 1 heterocycles. The summed E-state index contributed by atoms with van der Waals surface area (Å²) in [4.78, 5) is 14.0. The average molecular weight is 312 g/mol. The molecule has 1 aromatic carbocycles. The largest absolute Gasteiger partial charge is 0.399 e. The maximum atomic E-state index is 12.4. The predicted octanol–water partition coefficient (Wildman–Crippen LogP) is 0.515. The molecule has 7 heteroatoms. The Hall–Kier alpha value is -1.60. The Balaban J connectivity index is 2.30. The second-order valence-corrected chi connectivity index (χ2v) is 7.66. The zero-order valence-electron chi connectivity index (χ0n) is 12.1. The average Bonchev–Trinajstić information content (AvgIpc) is 2.39. The Bertz CT molecular complexity index is 657. The van der Waals surface area contributed by atoms with Crippen LogP contribution in [-0.4, -0.2) is 49.8 Å². The van der Waals surface area contributed by atoms with Gasteiger partial charge in [0, 0.05) is 30.6 Å². The molecule has 2 unspecified atom stereocenters. The van der Waals surface area contributed by atoms with E-state index in [1.807, 2.05) is 6.92 Å². The molecule has 1 aliphatic rings. The fraction of sp³-hybridized carbons (Fsp3) is 0.500. The summed E-state index contributed by atoms with van der Waals surface area (Å²) < 4.78 is 23.2. The minimum absolute atomic E-state index is 0.0248. The summed E-state index contributed by atoms with van der Waals surface area (Å²) in [6, 6.07) is 4.12. The van der Waals surface area contributed by atoms with Gasteiger partial charge in [0.2, 0.25) is 0 Å². The van der Waals surface area contributed by atoms with Crippen LogP contribution in [0.25, 0.3) is 0 Å². The van der Waals surface area contributed by atoms with Crippen molar-refractivity contribution in [1.29, 1.82) is 0 Å². The first kappa shape index (κ1) is 15.8. The van der Waals surface area contributed by atoms with E-state index in [1.165, 1.54) is 23.1 Å². The number of sulfone groups is 1. The van der Waals surface area contributed by atoms with E-state index in [1.54, 1.807) is 0 Å². The lowest BCUT2D eigenvalue weighted by Crippen LogP contribution is -2.45. The SMILES string of the molecule is CC1CCN(C(=O)c2cc(N)cc(S(C)(=O)=O)c2)CC1O. The van der Waals surface area contributed by atoms with E-state index in [0.717, 1.165) is 6.26 Å². The van der Waals surface area contributed by atoms with Crippen LogP contribution in [0.2, 0.25) is 0 Å². The van der Waals surface area contributed by atoms with Gasteiger partial charge in [-0.2, -0.15) is 0 Å². The van der Waals surface area contributed by atoms with E-state index in [4.69, 9.17) is 5.73 Å². The molecule has 6 nitrogen and oxygen atoms in total. The van der Waals surface area contributed by atoms with Gasteiger partial charge >= 0.3 is 0 Å². The Labute approximate surface area is 124 Å². The van der Waals surface area contributed by atoms with Gasteiger partial charge in [-0.1, -0.05) is 6.92 Å². The van der Waals surface area contributed by atoms with Crippen LogP contribution in [0, 0.1) is 5.92 Å². The summed E-state index contributed by atoms with van der Waals surface area (Å²) in [7, 11) is -3.43. The molecule has 0 aromatic heterocycles. The normalized spacial score (nSPS) is 23.1. The molecular formula is C14H20N2O4S. The van der Waals surface area contributed by atoms with Crippen LogP contribution in [-0.2, 0) is 9.84 Å². The molecule has 0 saturated carbocycles. The third-order valence-electron chi connectivity index (χ3n) is 3.81.